The fourth-order valence-corrected chi connectivity index (χ4v) is 6.66. The Morgan fingerprint density at radius 1 is 1.00 bits per heavy atom. The summed E-state index contributed by atoms with van der Waals surface area (Å²) < 4.78 is 29.7. The van der Waals surface area contributed by atoms with Gasteiger partial charge in [-0.15, -0.1) is 0 Å². The quantitative estimate of drug-likeness (QED) is 0.752. The number of nitrogens with zero attached hydrogens (tertiary/aromatic N) is 1. The highest BCUT2D eigenvalue weighted by molar-refractivity contribution is 7.91. The van der Waals surface area contributed by atoms with Crippen LogP contribution in [0.2, 0.25) is 0 Å². The molecule has 0 N–H and O–H groups in total. The predicted molar refractivity (Wildman–Crippen MR) is 109 cm³/mol. The number of sulfone groups is 1. The summed E-state index contributed by atoms with van der Waals surface area (Å²) in [4.78, 5) is 15.1. The third-order valence-electron chi connectivity index (χ3n) is 6.57. The maximum Gasteiger partial charge on any atom is 0.254 e. The minimum absolute atomic E-state index is 0.0220. The molecule has 2 heterocycles. The van der Waals surface area contributed by atoms with Gasteiger partial charge in [0, 0.05) is 24.8 Å². The highest BCUT2D eigenvalue weighted by atomic mass is 32.2. The van der Waals surface area contributed by atoms with E-state index in [1.165, 1.54) is 37.7 Å². The van der Waals surface area contributed by atoms with Crippen molar-refractivity contribution < 1.29 is 17.9 Å². The van der Waals surface area contributed by atoms with Gasteiger partial charge in [-0.1, -0.05) is 31.4 Å². The van der Waals surface area contributed by atoms with Gasteiger partial charge in [0.2, 0.25) is 0 Å². The van der Waals surface area contributed by atoms with Gasteiger partial charge in [0.25, 0.3) is 5.91 Å². The first kappa shape index (κ1) is 19.9. The molecule has 1 saturated carbocycles. The molecule has 2 saturated heterocycles. The first-order valence-electron chi connectivity index (χ1n) is 10.7. The SMILES string of the molecule is O=C(c1ccc(C2CCCCC2)cc1)N(CC1CCCO1)C1CCS(=O)(=O)C1. The molecule has 1 aromatic carbocycles. The van der Waals surface area contributed by atoms with Crippen LogP contribution in [0.15, 0.2) is 24.3 Å². The number of hydrogen-bond donors (Lipinski definition) is 0. The Balaban J connectivity index is 1.50. The van der Waals surface area contributed by atoms with Gasteiger partial charge in [-0.05, 0) is 55.7 Å². The Bertz CT molecular complexity index is 777. The van der Waals surface area contributed by atoms with Crippen LogP contribution in [0.1, 0.15) is 73.2 Å². The van der Waals surface area contributed by atoms with Gasteiger partial charge < -0.3 is 9.64 Å². The van der Waals surface area contributed by atoms with Crippen LogP contribution < -0.4 is 0 Å². The van der Waals surface area contributed by atoms with Crippen LogP contribution in [0.25, 0.3) is 0 Å². The average molecular weight is 406 g/mol. The molecule has 0 bridgehead atoms. The van der Waals surface area contributed by atoms with Crippen molar-refractivity contribution in [1.82, 2.24) is 4.90 Å². The summed E-state index contributed by atoms with van der Waals surface area (Å²) in [5.41, 5.74) is 1.98. The van der Waals surface area contributed by atoms with Crippen LogP contribution in [-0.2, 0) is 14.6 Å². The molecule has 28 heavy (non-hydrogen) atoms. The molecular weight excluding hydrogens is 374 g/mol. The number of amides is 1. The van der Waals surface area contributed by atoms with Gasteiger partial charge in [0.05, 0.1) is 17.6 Å². The van der Waals surface area contributed by atoms with E-state index in [4.69, 9.17) is 4.74 Å². The summed E-state index contributed by atoms with van der Waals surface area (Å²) >= 11 is 0. The van der Waals surface area contributed by atoms with Crippen molar-refractivity contribution in [3.63, 3.8) is 0 Å². The summed E-state index contributed by atoms with van der Waals surface area (Å²) in [5, 5.41) is 0. The van der Waals surface area contributed by atoms with E-state index >= 15 is 0 Å². The molecule has 0 spiro atoms. The zero-order valence-electron chi connectivity index (χ0n) is 16.5. The third kappa shape index (κ3) is 4.60. The third-order valence-corrected chi connectivity index (χ3v) is 8.32. The average Bonchev–Trinajstić information content (AvgIpc) is 3.35. The zero-order chi connectivity index (χ0) is 19.6. The lowest BCUT2D eigenvalue weighted by Crippen LogP contribution is -2.45. The Hall–Kier alpha value is -1.40. The summed E-state index contributed by atoms with van der Waals surface area (Å²) in [6.45, 7) is 1.22. The van der Waals surface area contributed by atoms with Crippen molar-refractivity contribution >= 4 is 15.7 Å². The summed E-state index contributed by atoms with van der Waals surface area (Å²) in [6, 6.07) is 7.81. The lowest BCUT2D eigenvalue weighted by atomic mass is 9.84. The second-order valence-corrected chi connectivity index (χ2v) is 10.8. The first-order chi connectivity index (χ1) is 13.5. The number of carbonyl (C=O) groups excluding carboxylic acids is 1. The summed E-state index contributed by atoms with van der Waals surface area (Å²) in [7, 11) is -3.05. The first-order valence-corrected chi connectivity index (χ1v) is 12.6. The van der Waals surface area contributed by atoms with Crippen LogP contribution in [0.4, 0.5) is 0 Å². The molecule has 1 aliphatic carbocycles. The van der Waals surface area contributed by atoms with Crippen LogP contribution in [0.5, 0.6) is 0 Å². The highest BCUT2D eigenvalue weighted by Gasteiger charge is 2.36. The predicted octanol–water partition coefficient (Wildman–Crippen LogP) is 3.54. The normalized spacial score (nSPS) is 27.7. The standard InChI is InChI=1S/C22H31NO4S/c24-22(19-10-8-18(9-11-19)17-5-2-1-3-6-17)23(15-21-7-4-13-27-21)20-12-14-28(25,26)16-20/h8-11,17,20-21H,1-7,12-16H2. The minimum atomic E-state index is -3.05. The molecule has 2 aliphatic heterocycles. The van der Waals surface area contributed by atoms with Crippen molar-refractivity contribution in [2.75, 3.05) is 24.7 Å². The summed E-state index contributed by atoms with van der Waals surface area (Å²) in [5.74, 6) is 0.799. The number of benzene rings is 1. The van der Waals surface area contributed by atoms with Crippen LogP contribution in [0, 0.1) is 0 Å². The largest absolute Gasteiger partial charge is 0.376 e. The number of ether oxygens (including phenoxy) is 1. The fraction of sp³-hybridized carbons (Fsp3) is 0.682. The molecule has 0 aromatic heterocycles. The topological polar surface area (TPSA) is 63.7 Å². The molecule has 3 aliphatic rings. The molecular formula is C22H31NO4S. The maximum atomic E-state index is 13.3. The Kier molecular flexibility index (Phi) is 6.07. The van der Waals surface area contributed by atoms with E-state index in [0.717, 1.165) is 19.4 Å². The minimum Gasteiger partial charge on any atom is -0.376 e. The maximum absolute atomic E-state index is 13.3. The van der Waals surface area contributed by atoms with Crippen molar-refractivity contribution in [2.24, 2.45) is 0 Å². The lowest BCUT2D eigenvalue weighted by Gasteiger charge is -2.30. The van der Waals surface area contributed by atoms with E-state index in [2.05, 4.69) is 12.1 Å². The van der Waals surface area contributed by atoms with Crippen molar-refractivity contribution in [2.45, 2.75) is 69.4 Å². The van der Waals surface area contributed by atoms with Gasteiger partial charge >= 0.3 is 0 Å². The van der Waals surface area contributed by atoms with Crippen molar-refractivity contribution in [1.29, 1.82) is 0 Å². The van der Waals surface area contributed by atoms with Crippen molar-refractivity contribution in [3.05, 3.63) is 35.4 Å². The highest BCUT2D eigenvalue weighted by Crippen LogP contribution is 2.33. The molecule has 2 unspecified atom stereocenters. The van der Waals surface area contributed by atoms with E-state index in [0.29, 0.717) is 24.4 Å². The molecule has 154 valence electrons. The Labute approximate surface area is 168 Å². The van der Waals surface area contributed by atoms with Gasteiger partial charge in [0.15, 0.2) is 9.84 Å². The smallest absolute Gasteiger partial charge is 0.254 e. The molecule has 0 radical (unpaired) electrons. The van der Waals surface area contributed by atoms with Gasteiger partial charge in [-0.3, -0.25) is 4.79 Å². The monoisotopic (exact) mass is 405 g/mol. The van der Waals surface area contributed by atoms with E-state index in [-0.39, 0.29) is 29.6 Å². The fourth-order valence-electron chi connectivity index (χ4n) is 4.93. The van der Waals surface area contributed by atoms with E-state index in [1.54, 1.807) is 4.90 Å². The Morgan fingerprint density at radius 2 is 1.75 bits per heavy atom. The Morgan fingerprint density at radius 3 is 2.36 bits per heavy atom. The molecule has 4 rings (SSSR count). The van der Waals surface area contributed by atoms with E-state index < -0.39 is 9.84 Å². The second kappa shape index (κ2) is 8.54. The van der Waals surface area contributed by atoms with Crippen LogP contribution in [-0.4, -0.2) is 56.0 Å². The van der Waals surface area contributed by atoms with E-state index in [9.17, 15) is 13.2 Å². The lowest BCUT2D eigenvalue weighted by molar-refractivity contribution is 0.0441. The van der Waals surface area contributed by atoms with Crippen LogP contribution >= 0.6 is 0 Å². The molecule has 3 fully saturated rings. The zero-order valence-corrected chi connectivity index (χ0v) is 17.3. The molecule has 2 atom stereocenters. The number of carbonyl (C=O) groups is 1. The van der Waals surface area contributed by atoms with Crippen LogP contribution in [0.3, 0.4) is 0 Å². The molecule has 1 aromatic rings. The van der Waals surface area contributed by atoms with E-state index in [1.807, 2.05) is 12.1 Å². The molecule has 6 heteroatoms. The molecule has 5 nitrogen and oxygen atoms in total. The molecule has 1 amide bonds. The second-order valence-electron chi connectivity index (χ2n) is 8.61. The van der Waals surface area contributed by atoms with Crippen molar-refractivity contribution in [3.8, 4) is 0 Å². The number of rotatable bonds is 5. The van der Waals surface area contributed by atoms with Gasteiger partial charge in [-0.25, -0.2) is 8.42 Å². The van der Waals surface area contributed by atoms with Gasteiger partial charge in [-0.2, -0.15) is 0 Å². The number of hydrogen-bond acceptors (Lipinski definition) is 4. The summed E-state index contributed by atoms with van der Waals surface area (Å²) in [6.07, 6.45) is 8.87. The van der Waals surface area contributed by atoms with Gasteiger partial charge in [0.1, 0.15) is 0 Å².